The molecule has 448 valence electrons. The molecule has 80 heavy (non-hydrogen) atoms. The molecule has 0 spiro atoms. The van der Waals surface area contributed by atoms with Gasteiger partial charge in [-0.1, -0.05) is 130 Å². The zero-order chi connectivity index (χ0) is 59.9. The smallest absolute Gasteiger partial charge is 0.402 e. The molecule has 8 bridgehead atoms. The first-order chi connectivity index (χ1) is 37.2. The van der Waals surface area contributed by atoms with Crippen LogP contribution in [0.3, 0.4) is 0 Å². The Labute approximate surface area is 493 Å². The summed E-state index contributed by atoms with van der Waals surface area (Å²) in [5.74, 6) is 0.451. The van der Waals surface area contributed by atoms with Gasteiger partial charge in [-0.2, -0.15) is 0 Å². The van der Waals surface area contributed by atoms with Crippen LogP contribution in [0.15, 0.2) is 87.7 Å². The van der Waals surface area contributed by atoms with Crippen molar-refractivity contribution in [3.63, 3.8) is 0 Å². The third kappa shape index (κ3) is 18.1. The zero-order valence-electron chi connectivity index (χ0n) is 50.2. The molecule has 4 aromatic carbocycles. The minimum absolute atomic E-state index is 0.0115. The predicted octanol–water partition coefficient (Wildman–Crippen LogP) is 20.0. The second-order valence-corrected chi connectivity index (χ2v) is 32.8. The van der Waals surface area contributed by atoms with E-state index in [1.165, 1.54) is 47.0 Å². The molecule has 0 saturated heterocycles. The molecular weight excluding hydrogens is 1180 g/mol. The maximum Gasteiger partial charge on any atom is 0.530 e. The van der Waals surface area contributed by atoms with Gasteiger partial charge in [0, 0.05) is 0 Å². The van der Waals surface area contributed by atoms with Crippen molar-refractivity contribution in [2.75, 3.05) is 52.9 Å². The Morgan fingerprint density at radius 3 is 0.500 bits per heavy atom. The first-order valence-electron chi connectivity index (χ1n) is 27.0. The zero-order valence-corrected chi connectivity index (χ0v) is 57.1. The third-order valence-electron chi connectivity index (χ3n) is 11.5. The maximum absolute atomic E-state index is 15.0. The summed E-state index contributed by atoms with van der Waals surface area (Å²) in [7, 11) is -17.6. The second-order valence-electron chi connectivity index (χ2n) is 22.1. The van der Waals surface area contributed by atoms with Crippen molar-refractivity contribution in [2.45, 2.75) is 199 Å². The van der Waals surface area contributed by atoms with Gasteiger partial charge in [0.05, 0.1) is 92.0 Å². The number of phosphoric ester groups is 4. The van der Waals surface area contributed by atoms with Crippen LogP contribution in [-0.2, 0) is 76.1 Å². The van der Waals surface area contributed by atoms with Crippen LogP contribution in [0.5, 0.6) is 23.0 Å². The van der Waals surface area contributed by atoms with Gasteiger partial charge in [0.15, 0.2) is 23.0 Å². The molecule has 0 aliphatic carbocycles. The summed E-state index contributed by atoms with van der Waals surface area (Å²) in [6.45, 7) is 38.4. The van der Waals surface area contributed by atoms with Crippen LogP contribution < -0.4 is 18.1 Å². The van der Waals surface area contributed by atoms with Gasteiger partial charge in [0.25, 0.3) is 0 Å². The van der Waals surface area contributed by atoms with E-state index in [2.05, 4.69) is 83.1 Å². The summed E-state index contributed by atoms with van der Waals surface area (Å²) < 4.78 is 134. The molecule has 1 heterocycles. The van der Waals surface area contributed by atoms with Gasteiger partial charge in [-0.15, -0.1) is 0 Å². The molecule has 0 radical (unpaired) electrons. The topological polar surface area (TPSA) is 179 Å². The standard InChI is InChI=1S/C56H84O16P4S4/c1-21-61-73(57,62-22-2)69-49-41-29-37(53(9,10)11)30-42(49)78-44-32-39(55(15,16)17)34-46(51(44)71-75(59,65-25-5)66-26-6)80-48-36-40(56(18,19)20)35-47(52(48)72-76(60,67-27-7)68-28-8)79-45-33-38(54(12,13)14)31-43(77-41)50(45)70-74(58,63-23-3)64-24-4/h29-36H,21-28H2,1-20H3. The molecule has 24 heteroatoms. The fourth-order valence-corrected chi connectivity index (χ4v) is 17.6. The van der Waals surface area contributed by atoms with E-state index in [1.807, 2.05) is 48.5 Å². The Kier molecular flexibility index (Phi) is 24.2. The normalized spacial score (nSPS) is 14.1. The lowest BCUT2D eigenvalue weighted by Gasteiger charge is -2.29. The highest BCUT2D eigenvalue weighted by Gasteiger charge is 2.39. The maximum atomic E-state index is 15.0. The minimum Gasteiger partial charge on any atom is -0.402 e. The van der Waals surface area contributed by atoms with Crippen LogP contribution in [-0.4, -0.2) is 52.9 Å². The fraction of sp³-hybridized carbons (Fsp3) is 0.571. The van der Waals surface area contributed by atoms with Gasteiger partial charge in [-0.05, 0) is 148 Å². The Balaban J connectivity index is 2.21. The molecule has 0 aromatic heterocycles. The van der Waals surface area contributed by atoms with E-state index < -0.39 is 53.0 Å². The lowest BCUT2D eigenvalue weighted by molar-refractivity contribution is 0.164. The lowest BCUT2D eigenvalue weighted by atomic mass is 9.87. The number of rotatable bonds is 24. The lowest BCUT2D eigenvalue weighted by Crippen LogP contribution is -2.14. The van der Waals surface area contributed by atoms with Crippen molar-refractivity contribution >= 4 is 78.3 Å². The van der Waals surface area contributed by atoms with E-state index in [1.54, 1.807) is 55.4 Å². The molecular formula is C56H84O16P4S4. The Bertz CT molecular complexity index is 2470. The fourth-order valence-electron chi connectivity index (χ4n) is 7.55. The van der Waals surface area contributed by atoms with Crippen LogP contribution in [0.1, 0.15) is 161 Å². The SMILES string of the molecule is CCOP(=O)(OCC)Oc1c2cc(C(C)(C)C)cc1Sc1cc(C(C)(C)C)cc(c1OP(=O)(OCC)OCC)Sc1cc(C(C)(C)C)cc(c1OP(=O)(OCC)OCC)Sc1cc(C(C)(C)C)cc(c1OP(=O)(OCC)OCC)S2. The van der Waals surface area contributed by atoms with Crippen molar-refractivity contribution in [1.82, 2.24) is 0 Å². The predicted molar refractivity (Wildman–Crippen MR) is 323 cm³/mol. The van der Waals surface area contributed by atoms with Crippen molar-refractivity contribution in [3.05, 3.63) is 70.8 Å². The summed E-state index contributed by atoms with van der Waals surface area (Å²) >= 11 is 4.85. The quantitative estimate of drug-likeness (QED) is 0.0532. The molecule has 4 aromatic rings. The van der Waals surface area contributed by atoms with Gasteiger partial charge < -0.3 is 18.1 Å². The van der Waals surface area contributed by atoms with Crippen LogP contribution in [0, 0.1) is 0 Å². The van der Waals surface area contributed by atoms with Gasteiger partial charge in [-0.3, -0.25) is 36.2 Å². The summed E-state index contributed by atoms with van der Waals surface area (Å²) in [4.78, 5) is 3.52. The molecule has 1 aliphatic heterocycles. The van der Waals surface area contributed by atoms with E-state index in [4.69, 9.17) is 54.3 Å². The molecule has 0 saturated carbocycles. The molecule has 5 rings (SSSR count). The van der Waals surface area contributed by atoms with Gasteiger partial charge >= 0.3 is 31.3 Å². The molecule has 0 fully saturated rings. The number of hydrogen-bond acceptors (Lipinski definition) is 20. The van der Waals surface area contributed by atoms with E-state index in [-0.39, 0.29) is 75.9 Å². The molecule has 16 nitrogen and oxygen atoms in total. The molecule has 1 aliphatic rings. The average molecular weight is 1270 g/mol. The largest absolute Gasteiger partial charge is 0.530 e. The van der Waals surface area contributed by atoms with Gasteiger partial charge in [0.2, 0.25) is 0 Å². The molecule has 0 unspecified atom stereocenters. The van der Waals surface area contributed by atoms with Gasteiger partial charge in [0.1, 0.15) is 0 Å². The summed E-state index contributed by atoms with van der Waals surface area (Å²) in [5.41, 5.74) is 1.32. The molecule has 0 atom stereocenters. The van der Waals surface area contributed by atoms with Crippen molar-refractivity contribution in [1.29, 1.82) is 0 Å². The van der Waals surface area contributed by atoms with Crippen molar-refractivity contribution in [3.8, 4) is 23.0 Å². The van der Waals surface area contributed by atoms with E-state index in [9.17, 15) is 18.3 Å². The van der Waals surface area contributed by atoms with Crippen molar-refractivity contribution < 1.29 is 72.5 Å². The highest BCUT2D eigenvalue weighted by molar-refractivity contribution is 8.01. The first-order valence-corrected chi connectivity index (χ1v) is 36.1. The first kappa shape index (κ1) is 68.9. The highest BCUT2D eigenvalue weighted by atomic mass is 32.2. The summed E-state index contributed by atoms with van der Waals surface area (Å²) in [5, 5.41) is 0. The average Bonchev–Trinajstić information content (AvgIpc) is 3.31. The second kappa shape index (κ2) is 28.1. The van der Waals surface area contributed by atoms with Crippen LogP contribution >= 0.6 is 78.3 Å². The van der Waals surface area contributed by atoms with E-state index in [0.717, 1.165) is 22.3 Å². The Morgan fingerprint density at radius 1 is 0.275 bits per heavy atom. The monoisotopic (exact) mass is 1260 g/mol. The van der Waals surface area contributed by atoms with Gasteiger partial charge in [-0.25, -0.2) is 18.3 Å². The van der Waals surface area contributed by atoms with Crippen LogP contribution in [0.2, 0.25) is 0 Å². The Hall–Kier alpha value is -1.92. The van der Waals surface area contributed by atoms with Crippen LogP contribution in [0.4, 0.5) is 0 Å². The Morgan fingerprint density at radius 2 is 0.400 bits per heavy atom. The number of hydrogen-bond donors (Lipinski definition) is 0. The number of phosphoric acid groups is 4. The molecule has 0 amide bonds. The summed E-state index contributed by atoms with van der Waals surface area (Å²) in [6, 6.07) is 15.6. The summed E-state index contributed by atoms with van der Waals surface area (Å²) in [6.07, 6.45) is 0. The van der Waals surface area contributed by atoms with E-state index >= 15 is 0 Å². The highest BCUT2D eigenvalue weighted by Crippen LogP contribution is 2.64. The van der Waals surface area contributed by atoms with Crippen molar-refractivity contribution in [2.24, 2.45) is 0 Å². The minimum atomic E-state index is -4.40. The number of benzene rings is 4. The van der Waals surface area contributed by atoms with Crippen LogP contribution in [0.25, 0.3) is 0 Å². The van der Waals surface area contributed by atoms with E-state index in [0.29, 0.717) is 39.2 Å². The number of fused-ring (bicyclic) bond motifs is 8. The molecule has 0 N–H and O–H groups in total. The third-order valence-corrected chi connectivity index (χ3v) is 21.9.